The van der Waals surface area contributed by atoms with E-state index in [2.05, 4.69) is 22.6 Å². The average molecular weight is 236 g/mol. The molecule has 0 radical (unpaired) electrons. The largest absolute Gasteiger partial charge is 0.310 e. The highest BCUT2D eigenvalue weighted by atomic mass is 32.2. The van der Waals surface area contributed by atoms with Gasteiger partial charge in [-0.25, -0.2) is 0 Å². The Morgan fingerprint density at radius 2 is 2.19 bits per heavy atom. The summed E-state index contributed by atoms with van der Waals surface area (Å²) in [7, 11) is 0. The Kier molecular flexibility index (Phi) is 4.67. The molecular formula is C13H20N2S. The summed E-state index contributed by atoms with van der Waals surface area (Å²) in [5.41, 5.74) is 1.29. The summed E-state index contributed by atoms with van der Waals surface area (Å²) in [4.78, 5) is 4.13. The van der Waals surface area contributed by atoms with Gasteiger partial charge in [-0.15, -0.1) is 0 Å². The molecule has 1 aliphatic rings. The number of hydrogen-bond donors (Lipinski definition) is 1. The molecule has 0 aliphatic heterocycles. The zero-order chi connectivity index (χ0) is 11.2. The van der Waals surface area contributed by atoms with Gasteiger partial charge in [0.2, 0.25) is 0 Å². The van der Waals surface area contributed by atoms with Crippen molar-refractivity contribution in [1.82, 2.24) is 10.3 Å². The van der Waals surface area contributed by atoms with Gasteiger partial charge in [-0.2, -0.15) is 11.8 Å². The first-order valence-corrected chi connectivity index (χ1v) is 7.32. The quantitative estimate of drug-likeness (QED) is 0.870. The minimum absolute atomic E-state index is 0.712. The Hall–Kier alpha value is -0.540. The lowest BCUT2D eigenvalue weighted by Crippen LogP contribution is -2.33. The Morgan fingerprint density at radius 1 is 1.38 bits per heavy atom. The Morgan fingerprint density at radius 3 is 2.81 bits per heavy atom. The van der Waals surface area contributed by atoms with Crippen molar-refractivity contribution in [2.45, 2.75) is 43.5 Å². The second kappa shape index (κ2) is 6.26. The van der Waals surface area contributed by atoms with Gasteiger partial charge in [0.1, 0.15) is 0 Å². The molecule has 1 heterocycles. The standard InChI is InChI=1S/C13H20N2S/c1-16-13-6-4-12(5-7-13)15-10-11-3-2-8-14-9-11/h2-3,8-9,12-13,15H,4-7,10H2,1H3. The van der Waals surface area contributed by atoms with Gasteiger partial charge in [0.15, 0.2) is 0 Å². The molecule has 1 aliphatic carbocycles. The molecule has 1 fully saturated rings. The lowest BCUT2D eigenvalue weighted by Gasteiger charge is -2.28. The fourth-order valence-electron chi connectivity index (χ4n) is 2.27. The van der Waals surface area contributed by atoms with Crippen LogP contribution in [0, 0.1) is 0 Å². The van der Waals surface area contributed by atoms with Crippen LogP contribution in [0.4, 0.5) is 0 Å². The fraction of sp³-hybridized carbons (Fsp3) is 0.615. The smallest absolute Gasteiger partial charge is 0.0312 e. The highest BCUT2D eigenvalue weighted by molar-refractivity contribution is 7.99. The third-order valence-corrected chi connectivity index (χ3v) is 4.46. The molecule has 88 valence electrons. The predicted octanol–water partition coefficient (Wildman–Crippen LogP) is 2.85. The first kappa shape index (κ1) is 11.9. The summed E-state index contributed by atoms with van der Waals surface area (Å²) >= 11 is 2.02. The molecule has 0 amide bonds. The maximum atomic E-state index is 4.13. The topological polar surface area (TPSA) is 24.9 Å². The third kappa shape index (κ3) is 3.49. The molecule has 0 bridgehead atoms. The lowest BCUT2D eigenvalue weighted by molar-refractivity contribution is 0.379. The summed E-state index contributed by atoms with van der Waals surface area (Å²) in [6.07, 6.45) is 11.4. The maximum Gasteiger partial charge on any atom is 0.0312 e. The van der Waals surface area contributed by atoms with E-state index in [0.29, 0.717) is 6.04 Å². The van der Waals surface area contributed by atoms with Crippen LogP contribution in [0.1, 0.15) is 31.2 Å². The molecule has 1 saturated carbocycles. The minimum Gasteiger partial charge on any atom is -0.310 e. The Bertz CT molecular complexity index is 294. The van der Waals surface area contributed by atoms with Crippen LogP contribution >= 0.6 is 11.8 Å². The van der Waals surface area contributed by atoms with Gasteiger partial charge in [0, 0.05) is 30.2 Å². The SMILES string of the molecule is CSC1CCC(NCc2cccnc2)CC1. The van der Waals surface area contributed by atoms with Crippen LogP contribution in [-0.4, -0.2) is 22.5 Å². The van der Waals surface area contributed by atoms with Crippen molar-refractivity contribution in [2.75, 3.05) is 6.26 Å². The van der Waals surface area contributed by atoms with Crippen LogP contribution in [-0.2, 0) is 6.54 Å². The van der Waals surface area contributed by atoms with Crippen molar-refractivity contribution < 1.29 is 0 Å². The molecule has 1 aromatic rings. The average Bonchev–Trinajstić information content (AvgIpc) is 2.38. The van der Waals surface area contributed by atoms with E-state index in [9.17, 15) is 0 Å². The van der Waals surface area contributed by atoms with Gasteiger partial charge in [-0.3, -0.25) is 4.98 Å². The number of nitrogens with zero attached hydrogens (tertiary/aromatic N) is 1. The second-order valence-corrected chi connectivity index (χ2v) is 5.59. The first-order chi connectivity index (χ1) is 7.88. The summed E-state index contributed by atoms with van der Waals surface area (Å²) in [5.74, 6) is 0. The highest BCUT2D eigenvalue weighted by Gasteiger charge is 2.19. The molecule has 3 heteroatoms. The molecule has 0 unspecified atom stereocenters. The molecule has 0 spiro atoms. The van der Waals surface area contributed by atoms with Crippen molar-refractivity contribution in [3.8, 4) is 0 Å². The van der Waals surface area contributed by atoms with E-state index in [1.54, 1.807) is 0 Å². The fourth-order valence-corrected chi connectivity index (χ4v) is 3.01. The second-order valence-electron chi connectivity index (χ2n) is 4.45. The van der Waals surface area contributed by atoms with Crippen LogP contribution in [0.5, 0.6) is 0 Å². The summed E-state index contributed by atoms with van der Waals surface area (Å²) in [5, 5.41) is 4.53. The van der Waals surface area contributed by atoms with Crippen LogP contribution in [0.3, 0.4) is 0 Å². The number of rotatable bonds is 4. The predicted molar refractivity (Wildman–Crippen MR) is 70.6 cm³/mol. The monoisotopic (exact) mass is 236 g/mol. The normalized spacial score (nSPS) is 25.6. The van der Waals surface area contributed by atoms with Gasteiger partial charge >= 0.3 is 0 Å². The van der Waals surface area contributed by atoms with Crippen LogP contribution < -0.4 is 5.32 Å². The summed E-state index contributed by atoms with van der Waals surface area (Å²) < 4.78 is 0. The number of hydrogen-bond acceptors (Lipinski definition) is 3. The molecule has 2 rings (SSSR count). The van der Waals surface area contributed by atoms with Crippen LogP contribution in [0.15, 0.2) is 24.5 Å². The highest BCUT2D eigenvalue weighted by Crippen LogP contribution is 2.26. The van der Waals surface area contributed by atoms with Gasteiger partial charge < -0.3 is 5.32 Å². The van der Waals surface area contributed by atoms with E-state index in [1.165, 1.54) is 31.2 Å². The van der Waals surface area contributed by atoms with Gasteiger partial charge in [-0.1, -0.05) is 6.07 Å². The van der Waals surface area contributed by atoms with Crippen molar-refractivity contribution in [2.24, 2.45) is 0 Å². The van der Waals surface area contributed by atoms with Gasteiger partial charge in [0.25, 0.3) is 0 Å². The van der Waals surface area contributed by atoms with Crippen molar-refractivity contribution in [3.05, 3.63) is 30.1 Å². The van der Waals surface area contributed by atoms with Gasteiger partial charge in [0.05, 0.1) is 0 Å². The molecule has 1 aromatic heterocycles. The molecule has 0 atom stereocenters. The zero-order valence-corrected chi connectivity index (χ0v) is 10.7. The van der Waals surface area contributed by atoms with E-state index in [4.69, 9.17) is 0 Å². The van der Waals surface area contributed by atoms with E-state index in [-0.39, 0.29) is 0 Å². The number of thioether (sulfide) groups is 1. The van der Waals surface area contributed by atoms with Crippen LogP contribution in [0.2, 0.25) is 0 Å². The first-order valence-electron chi connectivity index (χ1n) is 6.03. The number of aromatic nitrogens is 1. The molecular weight excluding hydrogens is 216 g/mol. The maximum absolute atomic E-state index is 4.13. The van der Waals surface area contributed by atoms with Crippen molar-refractivity contribution in [1.29, 1.82) is 0 Å². The van der Waals surface area contributed by atoms with Crippen LogP contribution in [0.25, 0.3) is 0 Å². The number of pyridine rings is 1. The van der Waals surface area contributed by atoms with Crippen molar-refractivity contribution >= 4 is 11.8 Å². The van der Waals surface area contributed by atoms with Gasteiger partial charge in [-0.05, 0) is 43.6 Å². The number of nitrogens with one attached hydrogen (secondary N) is 1. The van der Waals surface area contributed by atoms with Crippen molar-refractivity contribution in [3.63, 3.8) is 0 Å². The summed E-state index contributed by atoms with van der Waals surface area (Å²) in [6, 6.07) is 4.85. The molecule has 2 nitrogen and oxygen atoms in total. The lowest BCUT2D eigenvalue weighted by atomic mass is 9.95. The molecule has 0 aromatic carbocycles. The molecule has 0 saturated heterocycles. The Balaban J connectivity index is 1.72. The van der Waals surface area contributed by atoms with E-state index < -0.39 is 0 Å². The minimum atomic E-state index is 0.712. The Labute approximate surface area is 102 Å². The zero-order valence-electron chi connectivity index (χ0n) is 9.86. The molecule has 16 heavy (non-hydrogen) atoms. The van der Waals surface area contributed by atoms with E-state index in [1.807, 2.05) is 30.2 Å². The van der Waals surface area contributed by atoms with E-state index in [0.717, 1.165) is 11.8 Å². The third-order valence-electron chi connectivity index (χ3n) is 3.33. The molecule has 1 N–H and O–H groups in total. The summed E-state index contributed by atoms with van der Waals surface area (Å²) in [6.45, 7) is 0.961. The van der Waals surface area contributed by atoms with E-state index >= 15 is 0 Å².